The lowest BCUT2D eigenvalue weighted by Crippen LogP contribution is -2.01. The van der Waals surface area contributed by atoms with Crippen LogP contribution in [-0.2, 0) is 0 Å². The number of hydrogen-bond donors (Lipinski definition) is 0. The second kappa shape index (κ2) is 14.9. The molecule has 3 heterocycles. The van der Waals surface area contributed by atoms with E-state index in [2.05, 4.69) is 158 Å². The number of furan rings is 1. The third-order valence-electron chi connectivity index (χ3n) is 11.6. The van der Waals surface area contributed by atoms with Crippen LogP contribution in [0.1, 0.15) is 0 Å². The molecule has 62 heavy (non-hydrogen) atoms. The number of benzene rings is 9. The van der Waals surface area contributed by atoms with Gasteiger partial charge in [-0.15, -0.1) is 11.3 Å². The van der Waals surface area contributed by atoms with E-state index in [4.69, 9.17) is 24.4 Å². The van der Waals surface area contributed by atoms with Crippen LogP contribution in [0.25, 0.3) is 121 Å². The summed E-state index contributed by atoms with van der Waals surface area (Å²) in [5.74, 6) is 1.81. The number of nitrogens with zero attached hydrogens (tertiary/aromatic N) is 4. The van der Waals surface area contributed by atoms with Gasteiger partial charge in [-0.1, -0.05) is 182 Å². The smallest absolute Gasteiger partial charge is 0.164 e. The Labute approximate surface area is 361 Å². The molecule has 9 aromatic carbocycles. The molecule has 0 amide bonds. The van der Waals surface area contributed by atoms with Crippen molar-refractivity contribution in [1.82, 2.24) is 19.9 Å². The fraction of sp³-hybridized carbons (Fsp3) is 0. The summed E-state index contributed by atoms with van der Waals surface area (Å²) in [5.41, 5.74) is 13.0. The van der Waals surface area contributed by atoms with E-state index in [1.807, 2.05) is 48.5 Å². The molecule has 5 nitrogen and oxygen atoms in total. The summed E-state index contributed by atoms with van der Waals surface area (Å²) in [7, 11) is 0. The average Bonchev–Trinajstić information content (AvgIpc) is 3.95. The van der Waals surface area contributed by atoms with E-state index in [1.54, 1.807) is 11.3 Å². The zero-order chi connectivity index (χ0) is 41.0. The van der Waals surface area contributed by atoms with Crippen molar-refractivity contribution in [3.05, 3.63) is 206 Å². The minimum Gasteiger partial charge on any atom is -0.456 e. The summed E-state index contributed by atoms with van der Waals surface area (Å²) >= 11 is 1.72. The van der Waals surface area contributed by atoms with E-state index in [1.165, 1.54) is 11.1 Å². The molecule has 0 saturated carbocycles. The largest absolute Gasteiger partial charge is 0.456 e. The summed E-state index contributed by atoms with van der Waals surface area (Å²) in [6, 6.07) is 71.5. The molecule has 0 saturated heterocycles. The third-order valence-corrected chi connectivity index (χ3v) is 12.7. The maximum Gasteiger partial charge on any atom is 0.164 e. The van der Waals surface area contributed by atoms with Crippen molar-refractivity contribution in [2.24, 2.45) is 0 Å². The zero-order valence-corrected chi connectivity index (χ0v) is 34.1. The van der Waals surface area contributed by atoms with Crippen LogP contribution < -0.4 is 0 Å². The number of para-hydroxylation sites is 1. The van der Waals surface area contributed by atoms with E-state index >= 15 is 0 Å². The molecular weight excluding hydrogens is 777 g/mol. The number of rotatable bonds is 7. The maximum absolute atomic E-state index is 6.64. The summed E-state index contributed by atoms with van der Waals surface area (Å²) < 4.78 is 7.73. The Morgan fingerprint density at radius 2 is 0.919 bits per heavy atom. The van der Waals surface area contributed by atoms with Gasteiger partial charge in [0.25, 0.3) is 0 Å². The normalized spacial score (nSPS) is 11.5. The topological polar surface area (TPSA) is 64.7 Å². The molecule has 0 aliphatic heterocycles. The Balaban J connectivity index is 1.10. The number of thiazole rings is 1. The van der Waals surface area contributed by atoms with Gasteiger partial charge in [-0.2, -0.15) is 0 Å². The van der Waals surface area contributed by atoms with Gasteiger partial charge >= 0.3 is 0 Å². The highest BCUT2D eigenvalue weighted by Crippen LogP contribution is 2.48. The highest BCUT2D eigenvalue weighted by molar-refractivity contribution is 7.22. The molecule has 12 aromatic rings. The highest BCUT2D eigenvalue weighted by Gasteiger charge is 2.23. The summed E-state index contributed by atoms with van der Waals surface area (Å²) in [6.45, 7) is 0. The molecule has 12 rings (SSSR count). The van der Waals surface area contributed by atoms with Gasteiger partial charge in [0.1, 0.15) is 16.2 Å². The minimum absolute atomic E-state index is 0.590. The molecule has 0 spiro atoms. The first kappa shape index (κ1) is 35.8. The van der Waals surface area contributed by atoms with Crippen LogP contribution in [0.3, 0.4) is 0 Å². The zero-order valence-electron chi connectivity index (χ0n) is 33.2. The average molecular weight is 811 g/mol. The van der Waals surface area contributed by atoms with Gasteiger partial charge in [-0.3, -0.25) is 0 Å². The second-order valence-corrected chi connectivity index (χ2v) is 16.4. The monoisotopic (exact) mass is 810 g/mol. The van der Waals surface area contributed by atoms with Gasteiger partial charge in [0.15, 0.2) is 17.5 Å². The van der Waals surface area contributed by atoms with Crippen LogP contribution in [0.2, 0.25) is 0 Å². The number of hydrogen-bond acceptors (Lipinski definition) is 6. The minimum atomic E-state index is 0.590. The van der Waals surface area contributed by atoms with Gasteiger partial charge in [-0.25, -0.2) is 19.9 Å². The third kappa shape index (κ3) is 6.24. The van der Waals surface area contributed by atoms with Crippen molar-refractivity contribution in [2.75, 3.05) is 0 Å². The van der Waals surface area contributed by atoms with Gasteiger partial charge in [0, 0.05) is 44.7 Å². The SMILES string of the molecule is c1ccc(-c2ccc(-c3nc4cc5oc6ccccc6c5c(-c5cc(-c6nc(-c7ccccc7)nc(-c7ccccc7-c7ccccc7)n6)cc6ccccc56)c4s3)cc2)cc1. The molecule has 0 aliphatic rings. The van der Waals surface area contributed by atoms with Crippen LogP contribution in [-0.4, -0.2) is 19.9 Å². The van der Waals surface area contributed by atoms with Gasteiger partial charge in [0.05, 0.1) is 10.2 Å². The lowest BCUT2D eigenvalue weighted by atomic mass is 9.92. The Bertz CT molecular complexity index is 3620. The summed E-state index contributed by atoms with van der Waals surface area (Å²) in [4.78, 5) is 21.0. The van der Waals surface area contributed by atoms with E-state index in [0.29, 0.717) is 17.5 Å². The van der Waals surface area contributed by atoms with Crippen LogP contribution >= 0.6 is 11.3 Å². The van der Waals surface area contributed by atoms with Crippen molar-refractivity contribution < 1.29 is 4.42 Å². The molecule has 0 radical (unpaired) electrons. The lowest BCUT2D eigenvalue weighted by Gasteiger charge is -2.14. The van der Waals surface area contributed by atoms with E-state index in [0.717, 1.165) is 92.4 Å². The Morgan fingerprint density at radius 3 is 1.68 bits per heavy atom. The highest BCUT2D eigenvalue weighted by atomic mass is 32.1. The maximum atomic E-state index is 6.64. The molecule has 0 atom stereocenters. The molecule has 0 fully saturated rings. The van der Waals surface area contributed by atoms with Gasteiger partial charge in [0.2, 0.25) is 0 Å². The van der Waals surface area contributed by atoms with E-state index in [9.17, 15) is 0 Å². The molecule has 6 heteroatoms. The predicted octanol–water partition coefficient (Wildman–Crippen LogP) is 15.2. The first-order chi connectivity index (χ1) is 30.7. The fourth-order valence-electron chi connectivity index (χ4n) is 8.62. The van der Waals surface area contributed by atoms with Crippen LogP contribution in [0.5, 0.6) is 0 Å². The molecular formula is C56H34N4OS. The van der Waals surface area contributed by atoms with Crippen molar-refractivity contribution in [2.45, 2.75) is 0 Å². The fourth-order valence-corrected chi connectivity index (χ4v) is 9.74. The van der Waals surface area contributed by atoms with Crippen LogP contribution in [0.4, 0.5) is 0 Å². The van der Waals surface area contributed by atoms with Crippen LogP contribution in [0, 0.1) is 0 Å². The Hall–Kier alpha value is -8.06. The standard InChI is InChI=1S/C56H34N4OS/c1-4-16-35(17-5-1)36-28-30-39(31-29-36)56-57-47-34-49-50(45-26-14-15-27-48(45)61-49)51(52(47)62-56)46-33-41(32-40-22-10-11-24-43(40)46)54-58-53(38-20-8-3-9-21-38)59-55(60-54)44-25-13-12-23-42(44)37-18-6-2-7-19-37/h1-34H. The van der Waals surface area contributed by atoms with E-state index in [-0.39, 0.29) is 0 Å². The van der Waals surface area contributed by atoms with E-state index < -0.39 is 0 Å². The van der Waals surface area contributed by atoms with Crippen molar-refractivity contribution in [3.63, 3.8) is 0 Å². The van der Waals surface area contributed by atoms with Gasteiger partial charge in [-0.05, 0) is 56.8 Å². The first-order valence-corrected chi connectivity index (χ1v) is 21.4. The molecule has 0 bridgehead atoms. The summed E-state index contributed by atoms with van der Waals surface area (Å²) in [6.07, 6.45) is 0. The molecule has 290 valence electrons. The van der Waals surface area contributed by atoms with Gasteiger partial charge < -0.3 is 4.42 Å². The predicted molar refractivity (Wildman–Crippen MR) is 256 cm³/mol. The lowest BCUT2D eigenvalue weighted by molar-refractivity contribution is 0.669. The molecule has 0 N–H and O–H groups in total. The second-order valence-electron chi connectivity index (χ2n) is 15.4. The quantitative estimate of drug-likeness (QED) is 0.160. The Kier molecular flexibility index (Phi) is 8.61. The van der Waals surface area contributed by atoms with Crippen molar-refractivity contribution >= 4 is 54.3 Å². The molecule has 0 aliphatic carbocycles. The Morgan fingerprint density at radius 1 is 0.355 bits per heavy atom. The van der Waals surface area contributed by atoms with Crippen molar-refractivity contribution in [3.8, 4) is 78.1 Å². The van der Waals surface area contributed by atoms with Crippen LogP contribution in [0.15, 0.2) is 211 Å². The number of fused-ring (bicyclic) bond motifs is 5. The summed E-state index contributed by atoms with van der Waals surface area (Å²) in [5, 5.41) is 5.26. The molecule has 3 aromatic heterocycles. The molecule has 0 unspecified atom stereocenters. The van der Waals surface area contributed by atoms with Crippen molar-refractivity contribution in [1.29, 1.82) is 0 Å². The first-order valence-electron chi connectivity index (χ1n) is 20.6. The number of aromatic nitrogens is 4.